The SMILES string of the molecule is Cc1ccoc1C(Cc1ccc(Cl)cc1F)NN. The van der Waals surface area contributed by atoms with Gasteiger partial charge in [0.05, 0.1) is 12.3 Å². The van der Waals surface area contributed by atoms with Crippen LogP contribution in [0.15, 0.2) is 34.9 Å². The van der Waals surface area contributed by atoms with Crippen LogP contribution in [0.4, 0.5) is 4.39 Å². The first kappa shape index (κ1) is 13.1. The molecule has 1 unspecified atom stereocenters. The first-order chi connectivity index (χ1) is 8.61. The van der Waals surface area contributed by atoms with Crippen molar-refractivity contribution in [2.45, 2.75) is 19.4 Å². The van der Waals surface area contributed by atoms with Gasteiger partial charge in [0, 0.05) is 5.02 Å². The van der Waals surface area contributed by atoms with Crippen molar-refractivity contribution < 1.29 is 8.81 Å². The van der Waals surface area contributed by atoms with E-state index in [-0.39, 0.29) is 11.9 Å². The Morgan fingerprint density at radius 2 is 2.22 bits per heavy atom. The van der Waals surface area contributed by atoms with E-state index in [0.717, 1.165) is 5.56 Å². The molecule has 0 amide bonds. The van der Waals surface area contributed by atoms with E-state index in [2.05, 4.69) is 5.43 Å². The van der Waals surface area contributed by atoms with Crippen molar-refractivity contribution in [3.8, 4) is 0 Å². The number of rotatable bonds is 4. The lowest BCUT2D eigenvalue weighted by molar-refractivity contribution is 0.409. The van der Waals surface area contributed by atoms with E-state index in [1.807, 2.05) is 13.0 Å². The predicted molar refractivity (Wildman–Crippen MR) is 68.6 cm³/mol. The molecule has 0 spiro atoms. The van der Waals surface area contributed by atoms with Crippen LogP contribution in [0.25, 0.3) is 0 Å². The first-order valence-corrected chi connectivity index (χ1v) is 5.93. The van der Waals surface area contributed by atoms with Gasteiger partial charge in [0.15, 0.2) is 0 Å². The molecule has 3 N–H and O–H groups in total. The highest BCUT2D eigenvalue weighted by Crippen LogP contribution is 2.24. The van der Waals surface area contributed by atoms with E-state index in [1.165, 1.54) is 6.07 Å². The molecule has 1 aromatic heterocycles. The van der Waals surface area contributed by atoms with E-state index < -0.39 is 0 Å². The molecule has 2 rings (SSSR count). The van der Waals surface area contributed by atoms with Crippen LogP contribution in [-0.4, -0.2) is 0 Å². The smallest absolute Gasteiger partial charge is 0.127 e. The summed E-state index contributed by atoms with van der Waals surface area (Å²) in [6.45, 7) is 1.92. The topological polar surface area (TPSA) is 51.2 Å². The number of halogens is 2. The van der Waals surface area contributed by atoms with Gasteiger partial charge in [-0.05, 0) is 42.7 Å². The second-order valence-corrected chi connectivity index (χ2v) is 4.56. The van der Waals surface area contributed by atoms with Crippen molar-refractivity contribution in [2.75, 3.05) is 0 Å². The molecule has 0 saturated heterocycles. The third-order valence-corrected chi connectivity index (χ3v) is 3.09. The van der Waals surface area contributed by atoms with Crippen molar-refractivity contribution >= 4 is 11.6 Å². The molecular weight excluding hydrogens is 255 g/mol. The number of nitrogens with one attached hydrogen (secondary N) is 1. The third kappa shape index (κ3) is 2.72. The van der Waals surface area contributed by atoms with Crippen molar-refractivity contribution in [2.24, 2.45) is 5.84 Å². The molecule has 0 bridgehead atoms. The first-order valence-electron chi connectivity index (χ1n) is 5.56. The van der Waals surface area contributed by atoms with Crippen molar-refractivity contribution in [3.63, 3.8) is 0 Å². The second-order valence-electron chi connectivity index (χ2n) is 4.13. The van der Waals surface area contributed by atoms with E-state index in [9.17, 15) is 4.39 Å². The molecule has 1 aromatic carbocycles. The molecule has 5 heteroatoms. The Labute approximate surface area is 110 Å². The highest BCUT2D eigenvalue weighted by atomic mass is 35.5. The average Bonchev–Trinajstić information content (AvgIpc) is 2.75. The minimum Gasteiger partial charge on any atom is -0.467 e. The predicted octanol–water partition coefficient (Wildman–Crippen LogP) is 3.13. The molecule has 0 radical (unpaired) electrons. The van der Waals surface area contributed by atoms with E-state index >= 15 is 0 Å². The van der Waals surface area contributed by atoms with Crippen molar-refractivity contribution in [1.29, 1.82) is 0 Å². The van der Waals surface area contributed by atoms with E-state index in [1.54, 1.807) is 18.4 Å². The molecule has 0 aliphatic rings. The largest absolute Gasteiger partial charge is 0.467 e. The van der Waals surface area contributed by atoms with Gasteiger partial charge in [-0.2, -0.15) is 0 Å². The van der Waals surface area contributed by atoms with E-state index in [0.29, 0.717) is 22.8 Å². The fourth-order valence-corrected chi connectivity index (χ4v) is 2.03. The van der Waals surface area contributed by atoms with Gasteiger partial charge < -0.3 is 4.42 Å². The van der Waals surface area contributed by atoms with Crippen LogP contribution in [0.5, 0.6) is 0 Å². The monoisotopic (exact) mass is 268 g/mol. The van der Waals surface area contributed by atoms with Crippen LogP contribution in [0.2, 0.25) is 5.02 Å². The number of nitrogens with two attached hydrogens (primary N) is 1. The molecule has 3 nitrogen and oxygen atoms in total. The number of aryl methyl sites for hydroxylation is 1. The number of furan rings is 1. The zero-order valence-corrected chi connectivity index (χ0v) is 10.7. The highest BCUT2D eigenvalue weighted by molar-refractivity contribution is 6.30. The van der Waals surface area contributed by atoms with Crippen LogP contribution in [0, 0.1) is 12.7 Å². The highest BCUT2D eigenvalue weighted by Gasteiger charge is 2.18. The third-order valence-electron chi connectivity index (χ3n) is 2.86. The summed E-state index contributed by atoms with van der Waals surface area (Å²) in [5, 5.41) is 0.377. The van der Waals surface area contributed by atoms with Crippen LogP contribution in [0.3, 0.4) is 0 Å². The lowest BCUT2D eigenvalue weighted by atomic mass is 10.0. The van der Waals surface area contributed by atoms with Gasteiger partial charge in [0.25, 0.3) is 0 Å². The Morgan fingerprint density at radius 3 is 2.78 bits per heavy atom. The molecule has 96 valence electrons. The van der Waals surface area contributed by atoms with Crippen molar-refractivity contribution in [1.82, 2.24) is 5.43 Å². The summed E-state index contributed by atoms with van der Waals surface area (Å²) in [5.74, 6) is 5.88. The molecular formula is C13H14ClFN2O. The maximum Gasteiger partial charge on any atom is 0.127 e. The van der Waals surface area contributed by atoms with Gasteiger partial charge in [0.2, 0.25) is 0 Å². The molecule has 0 saturated carbocycles. The summed E-state index contributed by atoms with van der Waals surface area (Å²) in [5.41, 5.74) is 4.16. The minimum atomic E-state index is -0.341. The number of hydrazine groups is 1. The van der Waals surface area contributed by atoms with Crippen LogP contribution < -0.4 is 11.3 Å². The number of hydrogen-bond acceptors (Lipinski definition) is 3. The lowest BCUT2D eigenvalue weighted by Crippen LogP contribution is -2.30. The van der Waals surface area contributed by atoms with Gasteiger partial charge in [0.1, 0.15) is 11.6 Å². The molecule has 1 heterocycles. The van der Waals surface area contributed by atoms with Crippen LogP contribution >= 0.6 is 11.6 Å². The second kappa shape index (κ2) is 5.52. The molecule has 0 aliphatic carbocycles. The number of hydrogen-bond donors (Lipinski definition) is 2. The van der Waals surface area contributed by atoms with Gasteiger partial charge >= 0.3 is 0 Å². The fourth-order valence-electron chi connectivity index (χ4n) is 1.88. The van der Waals surface area contributed by atoms with Gasteiger partial charge in [-0.3, -0.25) is 5.84 Å². The maximum atomic E-state index is 13.7. The van der Waals surface area contributed by atoms with Gasteiger partial charge in [-0.15, -0.1) is 0 Å². The molecule has 2 aromatic rings. The Kier molecular flexibility index (Phi) is 4.01. The lowest BCUT2D eigenvalue weighted by Gasteiger charge is -2.15. The molecule has 1 atom stereocenters. The quantitative estimate of drug-likeness (QED) is 0.662. The van der Waals surface area contributed by atoms with Crippen LogP contribution in [-0.2, 0) is 6.42 Å². The average molecular weight is 269 g/mol. The Bertz CT molecular complexity index is 542. The van der Waals surface area contributed by atoms with Gasteiger partial charge in [-0.25, -0.2) is 9.82 Å². The van der Waals surface area contributed by atoms with E-state index in [4.69, 9.17) is 21.9 Å². The zero-order valence-electron chi connectivity index (χ0n) is 9.91. The Balaban J connectivity index is 2.23. The Morgan fingerprint density at radius 1 is 1.44 bits per heavy atom. The summed E-state index contributed by atoms with van der Waals surface area (Å²) < 4.78 is 19.1. The normalized spacial score (nSPS) is 12.7. The molecule has 0 aliphatic heterocycles. The fraction of sp³-hybridized carbons (Fsp3) is 0.231. The standard InChI is InChI=1S/C13H14ClFN2O/c1-8-4-5-18-13(8)12(17-16)6-9-2-3-10(14)7-11(9)15/h2-5,7,12,17H,6,16H2,1H3. The summed E-state index contributed by atoms with van der Waals surface area (Å²) in [6.07, 6.45) is 1.99. The minimum absolute atomic E-state index is 0.268. The molecule has 18 heavy (non-hydrogen) atoms. The maximum absolute atomic E-state index is 13.7. The van der Waals surface area contributed by atoms with Crippen molar-refractivity contribution in [3.05, 3.63) is 58.3 Å². The summed E-state index contributed by atoms with van der Waals surface area (Å²) >= 11 is 5.71. The number of benzene rings is 1. The summed E-state index contributed by atoms with van der Waals surface area (Å²) in [6, 6.07) is 6.18. The Hall–Kier alpha value is -1.36. The molecule has 0 fully saturated rings. The van der Waals surface area contributed by atoms with Gasteiger partial charge in [-0.1, -0.05) is 17.7 Å². The summed E-state index contributed by atoms with van der Waals surface area (Å²) in [4.78, 5) is 0. The summed E-state index contributed by atoms with van der Waals surface area (Å²) in [7, 11) is 0. The zero-order chi connectivity index (χ0) is 13.1. The van der Waals surface area contributed by atoms with Crippen LogP contribution in [0.1, 0.15) is 22.9 Å².